The van der Waals surface area contributed by atoms with Crippen LogP contribution >= 0.6 is 0 Å². The van der Waals surface area contributed by atoms with Gasteiger partial charge in [0.1, 0.15) is 6.04 Å². The number of alkyl halides is 1. The molecule has 0 bridgehead atoms. The molecule has 0 aromatic rings. The van der Waals surface area contributed by atoms with Crippen LogP contribution in [0, 0.1) is 5.92 Å². The number of halogens is 1. The Morgan fingerprint density at radius 3 is 2.67 bits per heavy atom. The first-order valence-electron chi connectivity index (χ1n) is 4.21. The Hall–Kier alpha value is -0.640. The fourth-order valence-corrected chi connectivity index (χ4v) is 1.55. The van der Waals surface area contributed by atoms with Crippen molar-refractivity contribution in [3.8, 4) is 0 Å². The van der Waals surface area contributed by atoms with E-state index in [0.29, 0.717) is 19.5 Å². The molecule has 0 unspecified atom stereocenters. The summed E-state index contributed by atoms with van der Waals surface area (Å²) in [6.45, 7) is 2.71. The maximum Gasteiger partial charge on any atom is 0.320 e. The van der Waals surface area contributed by atoms with Crippen LogP contribution in [0.5, 0.6) is 0 Å². The highest BCUT2D eigenvalue weighted by Gasteiger charge is 2.34. The molecule has 1 aliphatic rings. The number of nitrogens with zero attached hydrogens (tertiary/aromatic N) is 1. The summed E-state index contributed by atoms with van der Waals surface area (Å²) in [6, 6.07) is -0.409. The molecule has 0 radical (unpaired) electrons. The summed E-state index contributed by atoms with van der Waals surface area (Å²) in [7, 11) is 0. The van der Waals surface area contributed by atoms with Gasteiger partial charge in [0.05, 0.1) is 6.67 Å². The molecule has 0 spiro atoms. The number of carboxylic acid groups (broad SMARTS) is 1. The number of likely N-dealkylation sites (tertiary alicyclic amines) is 1. The Kier molecular flexibility index (Phi) is 3.03. The molecule has 0 amide bonds. The fourth-order valence-electron chi connectivity index (χ4n) is 1.55. The minimum absolute atomic E-state index is 0.0680. The lowest BCUT2D eigenvalue weighted by atomic mass is 9.98. The van der Waals surface area contributed by atoms with Crippen molar-refractivity contribution in [2.75, 3.05) is 19.8 Å². The van der Waals surface area contributed by atoms with E-state index in [0.717, 1.165) is 0 Å². The molecule has 0 aliphatic carbocycles. The average molecular weight is 175 g/mol. The van der Waals surface area contributed by atoms with E-state index in [9.17, 15) is 9.18 Å². The summed E-state index contributed by atoms with van der Waals surface area (Å²) in [6.07, 6.45) is 0.592. The predicted octanol–water partition coefficient (Wildman–Crippen LogP) is 0.751. The summed E-state index contributed by atoms with van der Waals surface area (Å²) < 4.78 is 12.0. The van der Waals surface area contributed by atoms with Gasteiger partial charge in [0.25, 0.3) is 0 Å². The lowest BCUT2D eigenvalue weighted by Gasteiger charge is -2.41. The minimum Gasteiger partial charge on any atom is -0.480 e. The standard InChI is InChI=1S/C8H14FNO2/c1-2-7(8(11)12)10-4-6(3-9)5-10/h6-7H,2-5H2,1H3,(H,11,12)/t7-/m1/s1. The minimum atomic E-state index is -0.796. The van der Waals surface area contributed by atoms with Crippen LogP contribution in [0.2, 0.25) is 0 Å². The van der Waals surface area contributed by atoms with Crippen LogP contribution in [0.25, 0.3) is 0 Å². The summed E-state index contributed by atoms with van der Waals surface area (Å²) in [5.74, 6) is -0.729. The number of rotatable bonds is 4. The number of carboxylic acids is 1. The highest BCUT2D eigenvalue weighted by Crippen LogP contribution is 2.20. The maximum absolute atomic E-state index is 12.0. The third-order valence-corrected chi connectivity index (χ3v) is 2.32. The highest BCUT2D eigenvalue weighted by molar-refractivity contribution is 5.73. The largest absolute Gasteiger partial charge is 0.480 e. The molecule has 12 heavy (non-hydrogen) atoms. The van der Waals surface area contributed by atoms with Gasteiger partial charge in [-0.25, -0.2) is 0 Å². The van der Waals surface area contributed by atoms with Crippen LogP contribution in [-0.4, -0.2) is 41.8 Å². The number of hydrogen-bond acceptors (Lipinski definition) is 2. The van der Waals surface area contributed by atoms with Crippen molar-refractivity contribution >= 4 is 5.97 Å². The molecule has 1 N–H and O–H groups in total. The van der Waals surface area contributed by atoms with E-state index in [-0.39, 0.29) is 12.6 Å². The van der Waals surface area contributed by atoms with E-state index < -0.39 is 12.0 Å². The van der Waals surface area contributed by atoms with Crippen molar-refractivity contribution < 1.29 is 14.3 Å². The molecule has 1 atom stereocenters. The molecule has 70 valence electrons. The molecule has 1 heterocycles. The highest BCUT2D eigenvalue weighted by atomic mass is 19.1. The van der Waals surface area contributed by atoms with Gasteiger partial charge in [0.2, 0.25) is 0 Å². The molecule has 0 aromatic carbocycles. The first-order chi connectivity index (χ1) is 5.69. The first-order valence-corrected chi connectivity index (χ1v) is 4.21. The lowest BCUT2D eigenvalue weighted by Crippen LogP contribution is -2.55. The topological polar surface area (TPSA) is 40.5 Å². The number of aliphatic carboxylic acids is 1. The monoisotopic (exact) mass is 175 g/mol. The summed E-state index contributed by atoms with van der Waals surface area (Å²) >= 11 is 0. The Morgan fingerprint density at radius 2 is 2.33 bits per heavy atom. The van der Waals surface area contributed by atoms with Gasteiger partial charge >= 0.3 is 5.97 Å². The van der Waals surface area contributed by atoms with Crippen LogP contribution in [0.15, 0.2) is 0 Å². The molecule has 0 aromatic heterocycles. The second kappa shape index (κ2) is 3.85. The third-order valence-electron chi connectivity index (χ3n) is 2.32. The molecule has 1 aliphatic heterocycles. The van der Waals surface area contributed by atoms with Crippen LogP contribution in [0.3, 0.4) is 0 Å². The van der Waals surface area contributed by atoms with Gasteiger partial charge in [-0.15, -0.1) is 0 Å². The van der Waals surface area contributed by atoms with Crippen LogP contribution in [0.1, 0.15) is 13.3 Å². The quantitative estimate of drug-likeness (QED) is 0.685. The van der Waals surface area contributed by atoms with Crippen LogP contribution in [0.4, 0.5) is 4.39 Å². The molecule has 1 rings (SSSR count). The molecular weight excluding hydrogens is 161 g/mol. The second-order valence-corrected chi connectivity index (χ2v) is 3.24. The van der Waals surface area contributed by atoms with Crippen molar-refractivity contribution in [2.24, 2.45) is 5.92 Å². The Balaban J connectivity index is 2.34. The summed E-state index contributed by atoms with van der Waals surface area (Å²) in [5, 5.41) is 8.73. The fraction of sp³-hybridized carbons (Fsp3) is 0.875. The summed E-state index contributed by atoms with van der Waals surface area (Å²) in [4.78, 5) is 12.4. The van der Waals surface area contributed by atoms with E-state index in [1.165, 1.54) is 0 Å². The van der Waals surface area contributed by atoms with Crippen molar-refractivity contribution in [3.05, 3.63) is 0 Å². The normalized spacial score (nSPS) is 21.8. The van der Waals surface area contributed by atoms with Crippen molar-refractivity contribution in [3.63, 3.8) is 0 Å². The zero-order valence-corrected chi connectivity index (χ0v) is 7.16. The van der Waals surface area contributed by atoms with Crippen LogP contribution in [-0.2, 0) is 4.79 Å². The van der Waals surface area contributed by atoms with Crippen LogP contribution < -0.4 is 0 Å². The molecule has 3 nitrogen and oxygen atoms in total. The number of hydrogen-bond donors (Lipinski definition) is 1. The zero-order valence-electron chi connectivity index (χ0n) is 7.16. The summed E-state index contributed by atoms with van der Waals surface area (Å²) in [5.41, 5.74) is 0. The predicted molar refractivity (Wildman–Crippen MR) is 42.8 cm³/mol. The van der Waals surface area contributed by atoms with Crippen molar-refractivity contribution in [1.29, 1.82) is 0 Å². The zero-order chi connectivity index (χ0) is 9.14. The second-order valence-electron chi connectivity index (χ2n) is 3.24. The molecular formula is C8H14FNO2. The van der Waals surface area contributed by atoms with Gasteiger partial charge in [-0.05, 0) is 6.42 Å². The van der Waals surface area contributed by atoms with E-state index in [2.05, 4.69) is 0 Å². The smallest absolute Gasteiger partial charge is 0.320 e. The number of carbonyl (C=O) groups is 1. The molecule has 0 saturated carbocycles. The van der Waals surface area contributed by atoms with Crippen molar-refractivity contribution in [1.82, 2.24) is 4.90 Å². The van der Waals surface area contributed by atoms with Gasteiger partial charge in [0, 0.05) is 19.0 Å². The SMILES string of the molecule is CC[C@H](C(=O)O)N1CC(CF)C1. The van der Waals surface area contributed by atoms with Gasteiger partial charge < -0.3 is 5.11 Å². The first kappa shape index (κ1) is 9.45. The molecule has 4 heteroatoms. The van der Waals surface area contributed by atoms with Crippen molar-refractivity contribution in [2.45, 2.75) is 19.4 Å². The van der Waals surface area contributed by atoms with Gasteiger partial charge in [-0.2, -0.15) is 0 Å². The van der Waals surface area contributed by atoms with Gasteiger partial charge in [-0.3, -0.25) is 14.1 Å². The van der Waals surface area contributed by atoms with E-state index in [1.807, 2.05) is 11.8 Å². The Labute approximate surface area is 71.2 Å². The molecule has 1 saturated heterocycles. The Morgan fingerprint density at radius 1 is 1.75 bits per heavy atom. The van der Waals surface area contributed by atoms with Gasteiger partial charge in [-0.1, -0.05) is 6.92 Å². The average Bonchev–Trinajstić information content (AvgIpc) is 1.94. The van der Waals surface area contributed by atoms with Gasteiger partial charge in [0.15, 0.2) is 0 Å². The molecule has 1 fully saturated rings. The third kappa shape index (κ3) is 1.75. The van der Waals surface area contributed by atoms with E-state index in [1.54, 1.807) is 0 Å². The lowest BCUT2D eigenvalue weighted by molar-refractivity contribution is -0.146. The van der Waals surface area contributed by atoms with E-state index in [4.69, 9.17) is 5.11 Å². The Bertz CT molecular complexity index is 168. The maximum atomic E-state index is 12.0. The van der Waals surface area contributed by atoms with E-state index >= 15 is 0 Å².